The van der Waals surface area contributed by atoms with Crippen LogP contribution in [0.5, 0.6) is 0 Å². The van der Waals surface area contributed by atoms with Crippen molar-refractivity contribution in [3.63, 3.8) is 0 Å². The lowest BCUT2D eigenvalue weighted by Crippen LogP contribution is -2.34. The molecular formula is C13H17NO2. The topological polar surface area (TPSA) is 33.5 Å². The van der Waals surface area contributed by atoms with Crippen molar-refractivity contribution < 1.29 is 9.21 Å². The van der Waals surface area contributed by atoms with E-state index in [1.54, 1.807) is 12.2 Å². The summed E-state index contributed by atoms with van der Waals surface area (Å²) in [5.74, 6) is 1.70. The molecule has 2 heterocycles. The number of hydrogen-bond acceptors (Lipinski definition) is 2. The van der Waals surface area contributed by atoms with Crippen molar-refractivity contribution in [1.82, 2.24) is 4.90 Å². The predicted molar refractivity (Wildman–Crippen MR) is 62.9 cm³/mol. The number of piperidine rings is 1. The average Bonchev–Trinajstić information content (AvgIpc) is 2.73. The summed E-state index contributed by atoms with van der Waals surface area (Å²) >= 11 is 0. The van der Waals surface area contributed by atoms with E-state index in [2.05, 4.69) is 0 Å². The molecule has 86 valence electrons. The number of nitrogens with zero attached hydrogens (tertiary/aromatic N) is 1. The third-order valence-corrected chi connectivity index (χ3v) is 2.82. The first-order valence-electron chi connectivity index (χ1n) is 5.79. The SMILES string of the molecule is Cc1ccc(/C=C/C(=O)N2CCCCC2)o1. The lowest BCUT2D eigenvalue weighted by atomic mass is 10.1. The number of carbonyl (C=O) groups is 1. The van der Waals surface area contributed by atoms with Crippen molar-refractivity contribution in [3.8, 4) is 0 Å². The predicted octanol–water partition coefficient (Wildman–Crippen LogP) is 2.61. The molecule has 1 aliphatic rings. The molecule has 1 aromatic heterocycles. The van der Waals surface area contributed by atoms with Crippen LogP contribution in [0.4, 0.5) is 0 Å². The molecule has 0 radical (unpaired) electrons. The Balaban J connectivity index is 1.93. The molecule has 0 spiro atoms. The number of furan rings is 1. The van der Waals surface area contributed by atoms with Crippen LogP contribution in [0, 0.1) is 6.92 Å². The van der Waals surface area contributed by atoms with Crippen LogP contribution in [0.3, 0.4) is 0 Å². The van der Waals surface area contributed by atoms with E-state index in [1.165, 1.54) is 6.42 Å². The van der Waals surface area contributed by atoms with Gasteiger partial charge in [0.25, 0.3) is 0 Å². The second-order valence-electron chi connectivity index (χ2n) is 4.17. The van der Waals surface area contributed by atoms with E-state index in [1.807, 2.05) is 24.0 Å². The summed E-state index contributed by atoms with van der Waals surface area (Å²) < 4.78 is 5.36. The summed E-state index contributed by atoms with van der Waals surface area (Å²) in [6.07, 6.45) is 6.83. The van der Waals surface area contributed by atoms with Crippen molar-refractivity contribution in [2.45, 2.75) is 26.2 Å². The minimum Gasteiger partial charge on any atom is -0.462 e. The van der Waals surface area contributed by atoms with Crippen molar-refractivity contribution in [3.05, 3.63) is 29.7 Å². The molecule has 0 bridgehead atoms. The summed E-state index contributed by atoms with van der Waals surface area (Å²) in [5.41, 5.74) is 0. The number of likely N-dealkylation sites (tertiary alicyclic amines) is 1. The monoisotopic (exact) mass is 219 g/mol. The van der Waals surface area contributed by atoms with Gasteiger partial charge in [-0.25, -0.2) is 0 Å². The van der Waals surface area contributed by atoms with Crippen LogP contribution in [-0.4, -0.2) is 23.9 Å². The molecule has 2 rings (SSSR count). The smallest absolute Gasteiger partial charge is 0.246 e. The molecular weight excluding hydrogens is 202 g/mol. The first kappa shape index (κ1) is 11.0. The fraction of sp³-hybridized carbons (Fsp3) is 0.462. The Morgan fingerprint density at radius 3 is 2.69 bits per heavy atom. The molecule has 1 saturated heterocycles. The fourth-order valence-electron chi connectivity index (χ4n) is 1.92. The van der Waals surface area contributed by atoms with E-state index in [9.17, 15) is 4.79 Å². The molecule has 3 nitrogen and oxygen atoms in total. The van der Waals surface area contributed by atoms with Gasteiger partial charge in [0, 0.05) is 19.2 Å². The molecule has 0 N–H and O–H groups in total. The molecule has 0 aromatic carbocycles. The van der Waals surface area contributed by atoms with Gasteiger partial charge in [-0.15, -0.1) is 0 Å². The summed E-state index contributed by atoms with van der Waals surface area (Å²) in [5, 5.41) is 0. The third kappa shape index (κ3) is 2.75. The van der Waals surface area contributed by atoms with E-state index < -0.39 is 0 Å². The van der Waals surface area contributed by atoms with Crippen molar-refractivity contribution in [2.75, 3.05) is 13.1 Å². The zero-order valence-electron chi connectivity index (χ0n) is 9.61. The van der Waals surface area contributed by atoms with Crippen LogP contribution < -0.4 is 0 Å². The van der Waals surface area contributed by atoms with Crippen molar-refractivity contribution in [2.24, 2.45) is 0 Å². The first-order valence-corrected chi connectivity index (χ1v) is 5.79. The number of hydrogen-bond donors (Lipinski definition) is 0. The van der Waals surface area contributed by atoms with Gasteiger partial charge in [0.05, 0.1) is 0 Å². The van der Waals surface area contributed by atoms with Crippen LogP contribution in [0.15, 0.2) is 22.6 Å². The van der Waals surface area contributed by atoms with Crippen molar-refractivity contribution in [1.29, 1.82) is 0 Å². The van der Waals surface area contributed by atoms with Crippen LogP contribution in [0.2, 0.25) is 0 Å². The minimum absolute atomic E-state index is 0.0914. The zero-order valence-corrected chi connectivity index (χ0v) is 9.61. The van der Waals surface area contributed by atoms with Gasteiger partial charge in [-0.3, -0.25) is 4.79 Å². The Hall–Kier alpha value is -1.51. The average molecular weight is 219 g/mol. The maximum atomic E-state index is 11.8. The maximum Gasteiger partial charge on any atom is 0.246 e. The van der Waals surface area contributed by atoms with Crippen LogP contribution in [0.1, 0.15) is 30.8 Å². The molecule has 0 atom stereocenters. The number of aryl methyl sites for hydroxylation is 1. The standard InChI is InChI=1S/C13H17NO2/c1-11-5-6-12(16-11)7-8-13(15)14-9-3-2-4-10-14/h5-8H,2-4,9-10H2,1H3/b8-7+. The van der Waals surface area contributed by atoms with Gasteiger partial charge in [0.1, 0.15) is 11.5 Å². The normalized spacial score (nSPS) is 16.9. The van der Waals surface area contributed by atoms with E-state index in [4.69, 9.17) is 4.42 Å². The van der Waals surface area contributed by atoms with E-state index in [0.29, 0.717) is 0 Å². The molecule has 16 heavy (non-hydrogen) atoms. The van der Waals surface area contributed by atoms with E-state index >= 15 is 0 Å². The van der Waals surface area contributed by atoms with Crippen LogP contribution in [-0.2, 0) is 4.79 Å². The number of amides is 1. The lowest BCUT2D eigenvalue weighted by molar-refractivity contribution is -0.126. The Bertz CT molecular complexity index is 386. The fourth-order valence-corrected chi connectivity index (χ4v) is 1.92. The second-order valence-corrected chi connectivity index (χ2v) is 4.17. The summed E-state index contributed by atoms with van der Waals surface area (Å²) in [4.78, 5) is 13.7. The molecule has 3 heteroatoms. The van der Waals surface area contributed by atoms with E-state index in [0.717, 1.165) is 37.5 Å². The van der Waals surface area contributed by atoms with Crippen LogP contribution in [0.25, 0.3) is 6.08 Å². The van der Waals surface area contributed by atoms with Crippen LogP contribution >= 0.6 is 0 Å². The number of rotatable bonds is 2. The van der Waals surface area contributed by atoms with Gasteiger partial charge in [-0.1, -0.05) is 0 Å². The molecule has 1 fully saturated rings. The van der Waals surface area contributed by atoms with Gasteiger partial charge >= 0.3 is 0 Å². The van der Waals surface area contributed by atoms with Gasteiger partial charge in [0.15, 0.2) is 0 Å². The molecule has 1 aromatic rings. The summed E-state index contributed by atoms with van der Waals surface area (Å²) in [7, 11) is 0. The Morgan fingerprint density at radius 1 is 1.31 bits per heavy atom. The largest absolute Gasteiger partial charge is 0.462 e. The van der Waals surface area contributed by atoms with E-state index in [-0.39, 0.29) is 5.91 Å². The quantitative estimate of drug-likeness (QED) is 0.716. The first-order chi connectivity index (χ1) is 7.75. The Labute approximate surface area is 95.7 Å². The second kappa shape index (κ2) is 5.01. The highest BCUT2D eigenvalue weighted by atomic mass is 16.3. The zero-order chi connectivity index (χ0) is 11.4. The van der Waals surface area contributed by atoms with Crippen molar-refractivity contribution >= 4 is 12.0 Å². The molecule has 1 amide bonds. The van der Waals surface area contributed by atoms with Gasteiger partial charge in [0.2, 0.25) is 5.91 Å². The highest BCUT2D eigenvalue weighted by molar-refractivity contribution is 5.91. The summed E-state index contributed by atoms with van der Waals surface area (Å²) in [6, 6.07) is 3.76. The summed E-state index contributed by atoms with van der Waals surface area (Å²) in [6.45, 7) is 3.67. The Morgan fingerprint density at radius 2 is 2.06 bits per heavy atom. The van der Waals surface area contributed by atoms with Gasteiger partial charge in [-0.05, 0) is 44.4 Å². The minimum atomic E-state index is 0.0914. The molecule has 0 unspecified atom stereocenters. The third-order valence-electron chi connectivity index (χ3n) is 2.82. The molecule has 0 aliphatic carbocycles. The highest BCUT2D eigenvalue weighted by Gasteiger charge is 2.13. The molecule has 0 saturated carbocycles. The lowest BCUT2D eigenvalue weighted by Gasteiger charge is -2.25. The molecule has 1 aliphatic heterocycles. The van der Waals surface area contributed by atoms with Gasteiger partial charge in [-0.2, -0.15) is 0 Å². The Kier molecular flexibility index (Phi) is 3.44. The van der Waals surface area contributed by atoms with Gasteiger partial charge < -0.3 is 9.32 Å². The maximum absolute atomic E-state index is 11.8. The highest BCUT2D eigenvalue weighted by Crippen LogP contribution is 2.11. The number of carbonyl (C=O) groups excluding carboxylic acids is 1.